The first-order chi connectivity index (χ1) is 36.4. The third-order valence-corrected chi connectivity index (χ3v) is 8.92. The molecular weight excluding hydrogens is 1290 g/mol. The molecule has 0 amide bonds. The summed E-state index contributed by atoms with van der Waals surface area (Å²) in [6.07, 6.45) is -114. The number of hydrogen-bond donors (Lipinski definition) is 0. The number of alkyl halides is 34. The average molecular weight is 1310 g/mol. The second-order valence-electron chi connectivity index (χ2n) is 14.6. The van der Waals surface area contributed by atoms with Crippen molar-refractivity contribution in [3.8, 4) is 0 Å². The molecule has 0 aliphatic rings. The molecule has 0 atom stereocenters. The highest BCUT2D eigenvalue weighted by Crippen LogP contribution is 2.72. The smallest absolute Gasteiger partial charge is 0.456 e. The van der Waals surface area contributed by atoms with Crippen LogP contribution in [0.15, 0.2) is 50.6 Å². The van der Waals surface area contributed by atoms with Crippen LogP contribution in [0, 0.1) is 10.8 Å². The van der Waals surface area contributed by atoms with Crippen molar-refractivity contribution in [3.05, 3.63) is 50.6 Å². The maximum atomic E-state index is 16.4. The Hall–Kier alpha value is -5.78. The minimum Gasteiger partial charge on any atom is -0.456 e. The molecule has 0 saturated carbocycles. The fourth-order valence-corrected chi connectivity index (χ4v) is 4.79. The molecule has 0 radical (unpaired) electrons. The van der Waals surface area contributed by atoms with Crippen molar-refractivity contribution >= 4 is 23.9 Å². The Morgan fingerprint density at radius 2 is 0.446 bits per heavy atom. The quantitative estimate of drug-likeness (QED) is 0.0255. The summed E-state index contributed by atoms with van der Waals surface area (Å²) in [4.78, 5) is 44.3. The van der Waals surface area contributed by atoms with Crippen LogP contribution in [0.25, 0.3) is 0 Å². The maximum absolute atomic E-state index is 16.4. The molecule has 0 aliphatic carbocycles. The van der Waals surface area contributed by atoms with Gasteiger partial charge in [0.1, 0.15) is 6.67 Å². The van der Waals surface area contributed by atoms with Gasteiger partial charge in [-0.15, -0.1) is 13.2 Å². The lowest BCUT2D eigenvalue weighted by molar-refractivity contribution is -0.632. The van der Waals surface area contributed by atoms with Gasteiger partial charge in [-0.3, -0.25) is 4.74 Å². The zero-order valence-corrected chi connectivity index (χ0v) is 38.2. The van der Waals surface area contributed by atoms with Gasteiger partial charge in [0.15, 0.2) is 26.4 Å². The first-order valence-electron chi connectivity index (χ1n) is 19.0. The lowest BCUT2D eigenvalue weighted by Gasteiger charge is -2.52. The lowest BCUT2D eigenvalue weighted by Crippen LogP contribution is -2.79. The topological polar surface area (TPSA) is 161 Å². The molecule has 0 bridgehead atoms. The van der Waals surface area contributed by atoms with E-state index in [9.17, 15) is 107 Å². The molecule has 0 aliphatic heterocycles. The van der Waals surface area contributed by atoms with Gasteiger partial charge in [0.05, 0.1) is 0 Å². The van der Waals surface area contributed by atoms with Crippen LogP contribution in [0.1, 0.15) is 0 Å². The molecule has 0 spiro atoms. The van der Waals surface area contributed by atoms with E-state index >= 15 is 61.5 Å². The SMILES string of the molecule is C=CC(=O)OCC(F)(F)C(F)(F)OC(F)(F)C(CF)(C(F)(F)OC(F)(F)C(F)(F)COC(=O)C=C)C(F)(F)OC(F)(F)C(C(F)(F)OC(F)(F)F)(C(F)(F)OC(F)(F)C(F)(F)COC(=O)C=C)C(F)(F)OC(F)(F)C(F)(F)COC(=O)C=C. The summed E-state index contributed by atoms with van der Waals surface area (Å²) in [6, 6.07) is 0. The van der Waals surface area contributed by atoms with Crippen LogP contribution >= 0.6 is 0 Å². The van der Waals surface area contributed by atoms with Crippen LogP contribution < -0.4 is 0 Å². The number of rotatable bonds is 35. The molecule has 48 heteroatoms. The molecule has 0 saturated heterocycles. The van der Waals surface area contributed by atoms with Crippen molar-refractivity contribution < 1.29 is 216 Å². The van der Waals surface area contributed by atoms with E-state index in [1.807, 2.05) is 0 Å². The Morgan fingerprint density at radius 1 is 0.277 bits per heavy atom. The lowest BCUT2D eigenvalue weighted by atomic mass is 9.79. The van der Waals surface area contributed by atoms with E-state index < -0.39 is 189 Å². The molecule has 0 rings (SSSR count). The number of carbonyl (C=O) groups is 4. The van der Waals surface area contributed by atoms with E-state index in [4.69, 9.17) is 0 Å². The largest absolute Gasteiger partial charge is 0.527 e. The molecule has 83 heavy (non-hydrogen) atoms. The van der Waals surface area contributed by atoms with Crippen molar-refractivity contribution in [2.24, 2.45) is 10.8 Å². The number of esters is 4. The Balaban J connectivity index is 9.95. The summed E-state index contributed by atoms with van der Waals surface area (Å²) in [5.41, 5.74) is -20.2. The number of halogens is 34. The van der Waals surface area contributed by atoms with Gasteiger partial charge in [0.25, 0.3) is 5.41 Å². The molecule has 0 heterocycles. The first kappa shape index (κ1) is 77.2. The Labute approximate surface area is 432 Å². The highest BCUT2D eigenvalue weighted by atomic mass is 19.4. The van der Waals surface area contributed by atoms with E-state index in [0.29, 0.717) is 0 Å². The standard InChI is InChI=1S/C35H22F34O14/c1-5-14(70)74-10-19(37,38)27(51,52)78-24(45,46)18(9-36,25(47,48)79-28(53,54)20(39,40)11-75-15(71)6-2)26(49,50)80-31(59,60)23(34(65,66)83-35(67,68)69,32(61,62)81-29(55,56)21(41,42)12-76-16(72)7-3)33(63,64)82-30(57,58)22(43,44)13-77-17(73)8-4/h5-8H,1-4,9-13H2. The normalized spacial score (nSPS) is 15.1. The van der Waals surface area contributed by atoms with Gasteiger partial charge in [0, 0.05) is 24.3 Å². The van der Waals surface area contributed by atoms with Gasteiger partial charge in [-0.05, 0) is 0 Å². The van der Waals surface area contributed by atoms with E-state index in [-0.39, 0.29) is 0 Å². The van der Waals surface area contributed by atoms with Crippen LogP contribution in [-0.4, -0.2) is 154 Å². The molecule has 0 N–H and O–H groups in total. The van der Waals surface area contributed by atoms with Gasteiger partial charge in [-0.25, -0.2) is 47.3 Å². The molecule has 0 fully saturated rings. The molecule has 14 nitrogen and oxygen atoms in total. The maximum Gasteiger partial charge on any atom is 0.527 e. The average Bonchev–Trinajstić information content (AvgIpc) is 3.24. The molecule has 0 unspecified atom stereocenters. The van der Waals surface area contributed by atoms with Crippen molar-refractivity contribution in [2.45, 2.75) is 97.2 Å². The fourth-order valence-electron chi connectivity index (χ4n) is 4.79. The van der Waals surface area contributed by atoms with Crippen molar-refractivity contribution in [1.82, 2.24) is 0 Å². The van der Waals surface area contributed by atoms with Gasteiger partial charge in [0.2, 0.25) is 0 Å². The van der Waals surface area contributed by atoms with Crippen molar-refractivity contribution in [1.29, 1.82) is 0 Å². The summed E-state index contributed by atoms with van der Waals surface area (Å²) in [6.45, 7) is -12.1. The number of hydrogen-bond acceptors (Lipinski definition) is 14. The van der Waals surface area contributed by atoms with E-state index in [2.05, 4.69) is 45.3 Å². The number of ether oxygens (including phenoxy) is 10. The summed E-state index contributed by atoms with van der Waals surface area (Å²) < 4.78 is 533. The summed E-state index contributed by atoms with van der Waals surface area (Å²) in [5, 5.41) is 0. The minimum atomic E-state index is -10.8. The van der Waals surface area contributed by atoms with Crippen molar-refractivity contribution in [2.75, 3.05) is 33.1 Å². The van der Waals surface area contributed by atoms with E-state index in [0.717, 1.165) is 9.47 Å². The zero-order chi connectivity index (χ0) is 66.7. The summed E-state index contributed by atoms with van der Waals surface area (Å²) >= 11 is 0. The van der Waals surface area contributed by atoms with Crippen LogP contribution in [0.3, 0.4) is 0 Å². The molecule has 0 aromatic carbocycles. The van der Waals surface area contributed by atoms with E-state index in [1.54, 1.807) is 0 Å². The molecule has 0 aromatic heterocycles. The Morgan fingerprint density at radius 3 is 0.614 bits per heavy atom. The van der Waals surface area contributed by atoms with Gasteiger partial charge < -0.3 is 18.9 Å². The van der Waals surface area contributed by atoms with Crippen LogP contribution in [0.4, 0.5) is 149 Å². The number of carbonyl (C=O) groups excluding carboxylic acids is 4. The first-order valence-corrected chi connectivity index (χ1v) is 19.0. The third kappa shape index (κ3) is 15.6. The van der Waals surface area contributed by atoms with Gasteiger partial charge in [-0.2, -0.15) is 132 Å². The third-order valence-electron chi connectivity index (χ3n) is 8.92. The van der Waals surface area contributed by atoms with Gasteiger partial charge in [-0.1, -0.05) is 26.3 Å². The van der Waals surface area contributed by atoms with Crippen LogP contribution in [-0.2, 0) is 66.5 Å². The monoisotopic (exact) mass is 1310 g/mol. The van der Waals surface area contributed by atoms with Crippen LogP contribution in [0.2, 0.25) is 0 Å². The second-order valence-corrected chi connectivity index (χ2v) is 14.6. The second kappa shape index (κ2) is 24.3. The molecule has 0 aromatic rings. The highest BCUT2D eigenvalue weighted by molar-refractivity contribution is 5.82. The highest BCUT2D eigenvalue weighted by Gasteiger charge is 2.99. The molecular formula is C35H22F34O14. The zero-order valence-electron chi connectivity index (χ0n) is 38.2. The molecule has 484 valence electrons. The predicted octanol–water partition coefficient (Wildman–Crippen LogP) is 11.5. The van der Waals surface area contributed by atoms with Crippen LogP contribution in [0.5, 0.6) is 0 Å². The minimum absolute atomic E-state index is 0.407. The summed E-state index contributed by atoms with van der Waals surface area (Å²) in [5.74, 6) is -39.8. The Kier molecular flexibility index (Phi) is 22.6. The fraction of sp³-hybridized carbons (Fsp3) is 0.657. The predicted molar refractivity (Wildman–Crippen MR) is 182 cm³/mol. The van der Waals surface area contributed by atoms with E-state index in [1.165, 1.54) is 18.9 Å². The summed E-state index contributed by atoms with van der Waals surface area (Å²) in [7, 11) is 0. The van der Waals surface area contributed by atoms with Gasteiger partial charge >= 0.3 is 127 Å². The Bertz CT molecular complexity index is 2230. The van der Waals surface area contributed by atoms with Crippen molar-refractivity contribution in [3.63, 3.8) is 0 Å².